The van der Waals surface area contributed by atoms with Crippen LogP contribution in [0.2, 0.25) is 0 Å². The van der Waals surface area contributed by atoms with Gasteiger partial charge in [-0.2, -0.15) is 0 Å². The molecule has 1 rings (SSSR count). The molecule has 0 unspecified atom stereocenters. The number of carbonyl (C=O) groups is 1. The van der Waals surface area contributed by atoms with Crippen molar-refractivity contribution in [3.8, 4) is 5.75 Å². The second-order valence-corrected chi connectivity index (χ2v) is 4.75. The molecule has 6 heteroatoms. The number of benzene rings is 1. The number of nitrogens with two attached hydrogens (primary N) is 1. The summed E-state index contributed by atoms with van der Waals surface area (Å²) in [6.45, 7) is 1.71. The Balaban J connectivity index is 3.68. The van der Waals surface area contributed by atoms with Gasteiger partial charge in [-0.15, -0.1) is 0 Å². The minimum absolute atomic E-state index is 0.0967. The molecule has 0 spiro atoms. The number of nitrogen functional groups attached to an aromatic ring is 1. The summed E-state index contributed by atoms with van der Waals surface area (Å²) in [7, 11) is 1.45. The summed E-state index contributed by atoms with van der Waals surface area (Å²) in [5.41, 5.74) is 6.60. The zero-order valence-electron chi connectivity index (χ0n) is 8.10. The molecular formula is C9H9BrINO3. The van der Waals surface area contributed by atoms with Gasteiger partial charge in [0.05, 0.1) is 22.8 Å². The van der Waals surface area contributed by atoms with Gasteiger partial charge in [0.2, 0.25) is 0 Å². The van der Waals surface area contributed by atoms with Gasteiger partial charge in [-0.05, 0) is 51.0 Å². The molecular weight excluding hydrogens is 377 g/mol. The summed E-state index contributed by atoms with van der Waals surface area (Å²) >= 11 is 5.37. The quantitative estimate of drug-likeness (QED) is 0.606. The number of ether oxygens (including phenoxy) is 1. The number of rotatable bonds is 2. The Kier molecular flexibility index (Phi) is 3.82. The van der Waals surface area contributed by atoms with Crippen LogP contribution in [-0.2, 0) is 0 Å². The van der Waals surface area contributed by atoms with E-state index in [1.807, 2.05) is 22.6 Å². The standard InChI is InChI=1S/C9H9BrINO3/c1-3-4(9(13)14)7(12)8(15-2)5(10)6(3)11/h12H2,1-2H3,(H,13,14). The molecule has 0 heterocycles. The van der Waals surface area contributed by atoms with Gasteiger partial charge in [-0.25, -0.2) is 4.79 Å². The van der Waals surface area contributed by atoms with E-state index in [0.717, 1.165) is 3.57 Å². The Morgan fingerprint density at radius 1 is 1.60 bits per heavy atom. The lowest BCUT2D eigenvalue weighted by Crippen LogP contribution is -2.09. The Morgan fingerprint density at radius 2 is 2.13 bits per heavy atom. The van der Waals surface area contributed by atoms with Crippen LogP contribution in [0.3, 0.4) is 0 Å². The van der Waals surface area contributed by atoms with E-state index in [-0.39, 0.29) is 11.3 Å². The van der Waals surface area contributed by atoms with Crippen LogP contribution < -0.4 is 10.5 Å². The maximum Gasteiger partial charge on any atom is 0.338 e. The minimum atomic E-state index is -1.05. The molecule has 0 bridgehead atoms. The Bertz CT molecular complexity index is 434. The van der Waals surface area contributed by atoms with E-state index in [0.29, 0.717) is 15.8 Å². The number of hydrogen-bond acceptors (Lipinski definition) is 3. The van der Waals surface area contributed by atoms with E-state index < -0.39 is 5.97 Å². The van der Waals surface area contributed by atoms with Gasteiger partial charge in [0, 0.05) is 3.57 Å². The SMILES string of the molecule is COc1c(N)c(C(=O)O)c(C)c(I)c1Br. The van der Waals surface area contributed by atoms with Crippen molar-refractivity contribution in [3.63, 3.8) is 0 Å². The summed E-state index contributed by atoms with van der Waals surface area (Å²) in [4.78, 5) is 11.0. The number of methoxy groups -OCH3 is 1. The van der Waals surface area contributed by atoms with E-state index in [4.69, 9.17) is 15.6 Å². The van der Waals surface area contributed by atoms with Gasteiger partial charge in [-0.3, -0.25) is 0 Å². The fraction of sp³-hybridized carbons (Fsp3) is 0.222. The predicted molar refractivity (Wildman–Crippen MR) is 69.5 cm³/mol. The zero-order valence-corrected chi connectivity index (χ0v) is 11.8. The second-order valence-electron chi connectivity index (χ2n) is 2.88. The van der Waals surface area contributed by atoms with Crippen molar-refractivity contribution in [2.75, 3.05) is 12.8 Å². The average Bonchev–Trinajstić information content (AvgIpc) is 2.15. The maximum absolute atomic E-state index is 11.0. The van der Waals surface area contributed by atoms with Crippen LogP contribution in [0.4, 0.5) is 5.69 Å². The predicted octanol–water partition coefficient (Wildman–Crippen LogP) is 2.65. The first-order valence-corrected chi connectivity index (χ1v) is 5.83. The molecule has 0 amide bonds. The van der Waals surface area contributed by atoms with E-state index in [1.54, 1.807) is 6.92 Å². The third-order valence-electron chi connectivity index (χ3n) is 2.03. The molecule has 0 saturated carbocycles. The summed E-state index contributed by atoms with van der Waals surface area (Å²) in [6.07, 6.45) is 0. The van der Waals surface area contributed by atoms with Crippen LogP contribution in [0.5, 0.6) is 5.75 Å². The van der Waals surface area contributed by atoms with Gasteiger partial charge in [0.1, 0.15) is 0 Å². The molecule has 4 nitrogen and oxygen atoms in total. The minimum Gasteiger partial charge on any atom is -0.493 e. The van der Waals surface area contributed by atoms with E-state index >= 15 is 0 Å². The second kappa shape index (κ2) is 4.56. The number of anilines is 1. The van der Waals surface area contributed by atoms with Gasteiger partial charge in [0.25, 0.3) is 0 Å². The summed E-state index contributed by atoms with van der Waals surface area (Å²) in [6, 6.07) is 0. The molecule has 1 aromatic rings. The van der Waals surface area contributed by atoms with Crippen LogP contribution in [0.1, 0.15) is 15.9 Å². The number of carboxylic acid groups (broad SMARTS) is 1. The molecule has 0 radical (unpaired) electrons. The smallest absolute Gasteiger partial charge is 0.338 e. The highest BCUT2D eigenvalue weighted by Gasteiger charge is 2.22. The highest BCUT2D eigenvalue weighted by molar-refractivity contribution is 14.1. The molecule has 0 atom stereocenters. The molecule has 0 aliphatic carbocycles. The Hall–Kier alpha value is -0.500. The normalized spacial score (nSPS) is 10.1. The van der Waals surface area contributed by atoms with Crippen molar-refractivity contribution in [1.29, 1.82) is 0 Å². The van der Waals surface area contributed by atoms with Gasteiger partial charge in [-0.1, -0.05) is 0 Å². The van der Waals surface area contributed by atoms with Crippen molar-refractivity contribution in [2.24, 2.45) is 0 Å². The zero-order chi connectivity index (χ0) is 11.7. The number of hydrogen-bond donors (Lipinski definition) is 2. The maximum atomic E-state index is 11.0. The molecule has 82 valence electrons. The first-order chi connectivity index (χ1) is 6.91. The first-order valence-electron chi connectivity index (χ1n) is 3.96. The molecule has 0 aromatic heterocycles. The van der Waals surface area contributed by atoms with Crippen molar-refractivity contribution in [1.82, 2.24) is 0 Å². The molecule has 0 aliphatic heterocycles. The molecule has 0 saturated heterocycles. The van der Waals surface area contributed by atoms with Crippen molar-refractivity contribution >= 4 is 50.2 Å². The van der Waals surface area contributed by atoms with Gasteiger partial charge < -0.3 is 15.6 Å². The molecule has 3 N–H and O–H groups in total. The number of aromatic carboxylic acids is 1. The average molecular weight is 386 g/mol. The third kappa shape index (κ3) is 2.05. The van der Waals surface area contributed by atoms with Crippen molar-refractivity contribution in [2.45, 2.75) is 6.92 Å². The lowest BCUT2D eigenvalue weighted by molar-refractivity contribution is 0.0697. The Morgan fingerprint density at radius 3 is 2.53 bits per heavy atom. The van der Waals surface area contributed by atoms with Gasteiger partial charge in [0.15, 0.2) is 5.75 Å². The van der Waals surface area contributed by atoms with Crippen LogP contribution >= 0.6 is 38.5 Å². The van der Waals surface area contributed by atoms with Crippen LogP contribution in [0.15, 0.2) is 4.47 Å². The topological polar surface area (TPSA) is 72.5 Å². The molecule has 15 heavy (non-hydrogen) atoms. The van der Waals surface area contributed by atoms with Crippen LogP contribution in [0, 0.1) is 10.5 Å². The molecule has 1 aromatic carbocycles. The lowest BCUT2D eigenvalue weighted by atomic mass is 10.1. The lowest BCUT2D eigenvalue weighted by Gasteiger charge is -2.14. The summed E-state index contributed by atoms with van der Waals surface area (Å²) < 4.78 is 6.54. The summed E-state index contributed by atoms with van der Waals surface area (Å²) in [5.74, 6) is -0.684. The van der Waals surface area contributed by atoms with Gasteiger partial charge >= 0.3 is 5.97 Å². The molecule has 0 fully saturated rings. The van der Waals surface area contributed by atoms with Crippen molar-refractivity contribution < 1.29 is 14.6 Å². The monoisotopic (exact) mass is 385 g/mol. The van der Waals surface area contributed by atoms with E-state index in [2.05, 4.69) is 15.9 Å². The first kappa shape index (κ1) is 12.6. The van der Waals surface area contributed by atoms with E-state index in [9.17, 15) is 4.79 Å². The van der Waals surface area contributed by atoms with Crippen molar-refractivity contribution in [3.05, 3.63) is 19.2 Å². The fourth-order valence-corrected chi connectivity index (χ4v) is 2.47. The van der Waals surface area contributed by atoms with Crippen LogP contribution in [0.25, 0.3) is 0 Å². The van der Waals surface area contributed by atoms with E-state index in [1.165, 1.54) is 7.11 Å². The number of carboxylic acids is 1. The third-order valence-corrected chi connectivity index (χ3v) is 4.87. The number of halogens is 2. The summed E-state index contributed by atoms with van der Waals surface area (Å²) in [5, 5.41) is 9.03. The van der Waals surface area contributed by atoms with Crippen LogP contribution in [-0.4, -0.2) is 18.2 Å². The highest BCUT2D eigenvalue weighted by Crippen LogP contribution is 2.40. The molecule has 0 aliphatic rings. The highest BCUT2D eigenvalue weighted by atomic mass is 127. The Labute approximate surface area is 109 Å². The largest absolute Gasteiger partial charge is 0.493 e. The fourth-order valence-electron chi connectivity index (χ4n) is 1.28.